The average molecular weight is 385 g/mol. The Kier molecular flexibility index (Phi) is 4.19. The zero-order valence-corrected chi connectivity index (χ0v) is 17.6. The van der Waals surface area contributed by atoms with Crippen LogP contribution in [0.2, 0.25) is 0 Å². The van der Waals surface area contributed by atoms with Gasteiger partial charge in [0.2, 0.25) is 0 Å². The number of nitrogens with one attached hydrogen (secondary N) is 1. The summed E-state index contributed by atoms with van der Waals surface area (Å²) in [7, 11) is 0. The summed E-state index contributed by atoms with van der Waals surface area (Å²) in [4.78, 5) is 3.20. The second-order valence-electron chi connectivity index (χ2n) is 11.7. The van der Waals surface area contributed by atoms with Gasteiger partial charge in [-0.3, -0.25) is 4.90 Å². The first-order chi connectivity index (χ1) is 13.9. The number of nitrogens with zero attached hydrogens (tertiary/aromatic N) is 1. The number of hydrogen-bond acceptors (Lipinski definition) is 3. The zero-order valence-electron chi connectivity index (χ0n) is 17.6. The van der Waals surface area contributed by atoms with E-state index in [0.29, 0.717) is 12.2 Å². The summed E-state index contributed by atoms with van der Waals surface area (Å²) in [5.74, 6) is 4.89. The third kappa shape index (κ3) is 2.45. The first-order valence-electron chi connectivity index (χ1n) is 13.0. The van der Waals surface area contributed by atoms with Crippen LogP contribution in [0.25, 0.3) is 0 Å². The zero-order chi connectivity index (χ0) is 18.2. The lowest BCUT2D eigenvalue weighted by Gasteiger charge is -2.68. The van der Waals surface area contributed by atoms with E-state index in [1.165, 1.54) is 83.6 Å². The predicted octanol–water partition coefficient (Wildman–Crippen LogP) is 4.35. The molecular weight excluding hydrogens is 344 g/mol. The molecule has 7 rings (SSSR count). The normalized spacial score (nSPS) is 58.1. The number of hydrogen-bond donors (Lipinski definition) is 1. The van der Waals surface area contributed by atoms with Crippen LogP contribution in [0.4, 0.5) is 0 Å². The molecule has 3 heteroatoms. The first-order valence-corrected chi connectivity index (χ1v) is 13.0. The summed E-state index contributed by atoms with van der Waals surface area (Å²) in [5.41, 5.74) is 0. The highest BCUT2D eigenvalue weighted by atomic mass is 16.5. The molecule has 0 aromatic carbocycles. The number of ether oxygens (including phenoxy) is 1. The Hall–Kier alpha value is -0.120. The van der Waals surface area contributed by atoms with Gasteiger partial charge >= 0.3 is 0 Å². The lowest BCUT2D eigenvalue weighted by atomic mass is 9.54. The second-order valence-corrected chi connectivity index (χ2v) is 11.7. The molecule has 0 bridgehead atoms. The van der Waals surface area contributed by atoms with Gasteiger partial charge in [0.25, 0.3) is 0 Å². The van der Waals surface area contributed by atoms with Crippen LogP contribution in [-0.4, -0.2) is 47.8 Å². The van der Waals surface area contributed by atoms with Crippen molar-refractivity contribution in [3.63, 3.8) is 0 Å². The van der Waals surface area contributed by atoms with Gasteiger partial charge in [0.05, 0.1) is 12.2 Å². The number of rotatable bonds is 0. The predicted molar refractivity (Wildman–Crippen MR) is 111 cm³/mol. The molecule has 3 heterocycles. The number of piperidine rings is 2. The van der Waals surface area contributed by atoms with Gasteiger partial charge in [-0.25, -0.2) is 0 Å². The van der Waals surface area contributed by atoms with Gasteiger partial charge in [-0.15, -0.1) is 0 Å². The van der Waals surface area contributed by atoms with E-state index in [2.05, 4.69) is 10.2 Å². The Bertz CT molecular complexity index is 609. The fraction of sp³-hybridized carbons (Fsp3) is 1.00. The Morgan fingerprint density at radius 1 is 0.679 bits per heavy atom. The molecule has 11 atom stereocenters. The fourth-order valence-corrected chi connectivity index (χ4v) is 9.77. The smallest absolute Gasteiger partial charge is 0.0738 e. The van der Waals surface area contributed by atoms with Crippen LogP contribution < -0.4 is 5.32 Å². The largest absolute Gasteiger partial charge is 0.372 e. The van der Waals surface area contributed by atoms with Crippen LogP contribution in [0, 0.1) is 29.6 Å². The molecule has 1 N–H and O–H groups in total. The Morgan fingerprint density at radius 2 is 1.50 bits per heavy atom. The van der Waals surface area contributed by atoms with Gasteiger partial charge < -0.3 is 10.1 Å². The van der Waals surface area contributed by atoms with E-state index in [4.69, 9.17) is 4.74 Å². The van der Waals surface area contributed by atoms with Gasteiger partial charge in [-0.05, 0) is 81.1 Å². The van der Waals surface area contributed by atoms with Crippen molar-refractivity contribution in [2.45, 2.75) is 120 Å². The SMILES string of the molecule is C1CCC2CC3C(CC2C1)C1NCCC2CCC4OC5CCCCC5N3C4C21. The molecule has 3 saturated heterocycles. The van der Waals surface area contributed by atoms with E-state index in [0.717, 1.165) is 53.8 Å². The average Bonchev–Trinajstić information content (AvgIpc) is 2.76. The first kappa shape index (κ1) is 17.5. The van der Waals surface area contributed by atoms with E-state index in [1.54, 1.807) is 6.42 Å². The van der Waals surface area contributed by atoms with Gasteiger partial charge in [0, 0.05) is 24.2 Å². The van der Waals surface area contributed by atoms with Gasteiger partial charge in [0.1, 0.15) is 0 Å². The highest BCUT2D eigenvalue weighted by Crippen LogP contribution is 2.57. The topological polar surface area (TPSA) is 24.5 Å². The maximum Gasteiger partial charge on any atom is 0.0738 e. The molecule has 0 spiro atoms. The molecule has 7 fully saturated rings. The highest BCUT2D eigenvalue weighted by Gasteiger charge is 2.62. The Labute approximate surface area is 171 Å². The van der Waals surface area contributed by atoms with E-state index in [1.807, 2.05) is 0 Å². The molecule has 3 nitrogen and oxygen atoms in total. The summed E-state index contributed by atoms with van der Waals surface area (Å²) in [6.07, 6.45) is 20.1. The standard InChI is InChI=1S/C25H40N2O/c1-2-6-17-14-20-18(13-16(17)5-1)24-23-15(11-12-26-24)9-10-22-25(23)27(20)19-7-3-4-8-21(19)28-22/h15-26H,1-14H2. The minimum atomic E-state index is 0.549. The van der Waals surface area contributed by atoms with Gasteiger partial charge in [0.15, 0.2) is 0 Å². The van der Waals surface area contributed by atoms with Crippen LogP contribution in [0.15, 0.2) is 0 Å². The molecule has 28 heavy (non-hydrogen) atoms. The molecule has 0 aromatic heterocycles. The van der Waals surface area contributed by atoms with Crippen LogP contribution in [-0.2, 0) is 4.74 Å². The summed E-state index contributed by atoms with van der Waals surface area (Å²) >= 11 is 0. The summed E-state index contributed by atoms with van der Waals surface area (Å²) in [6.45, 7) is 1.29. The van der Waals surface area contributed by atoms with E-state index in [-0.39, 0.29) is 0 Å². The van der Waals surface area contributed by atoms with Gasteiger partial charge in [-0.1, -0.05) is 38.5 Å². The number of fused-ring (bicyclic) bond motifs is 6. The van der Waals surface area contributed by atoms with Crippen molar-refractivity contribution >= 4 is 0 Å². The van der Waals surface area contributed by atoms with E-state index in [9.17, 15) is 0 Å². The third-order valence-corrected chi connectivity index (χ3v) is 10.7. The maximum atomic E-state index is 6.91. The highest BCUT2D eigenvalue weighted by molar-refractivity contribution is 5.16. The van der Waals surface area contributed by atoms with Crippen LogP contribution >= 0.6 is 0 Å². The van der Waals surface area contributed by atoms with Crippen molar-refractivity contribution in [2.24, 2.45) is 29.6 Å². The van der Waals surface area contributed by atoms with Crippen LogP contribution in [0.3, 0.4) is 0 Å². The van der Waals surface area contributed by atoms with E-state index < -0.39 is 0 Å². The third-order valence-electron chi connectivity index (χ3n) is 10.7. The van der Waals surface area contributed by atoms with Gasteiger partial charge in [-0.2, -0.15) is 0 Å². The van der Waals surface area contributed by atoms with Crippen molar-refractivity contribution < 1.29 is 4.74 Å². The summed E-state index contributed by atoms with van der Waals surface area (Å²) in [6, 6.07) is 3.17. The van der Waals surface area contributed by atoms with Crippen molar-refractivity contribution in [3.05, 3.63) is 0 Å². The molecule has 7 aliphatic rings. The van der Waals surface area contributed by atoms with Crippen LogP contribution in [0.5, 0.6) is 0 Å². The van der Waals surface area contributed by atoms with Crippen LogP contribution in [0.1, 0.15) is 83.5 Å². The molecule has 0 aromatic rings. The van der Waals surface area contributed by atoms with Crippen molar-refractivity contribution in [1.82, 2.24) is 10.2 Å². The molecular formula is C25H40N2O. The van der Waals surface area contributed by atoms with Crippen molar-refractivity contribution in [2.75, 3.05) is 6.54 Å². The molecule has 0 radical (unpaired) electrons. The molecule has 0 amide bonds. The second kappa shape index (κ2) is 6.69. The maximum absolute atomic E-state index is 6.91. The van der Waals surface area contributed by atoms with E-state index >= 15 is 0 Å². The van der Waals surface area contributed by atoms with Crippen molar-refractivity contribution in [1.29, 1.82) is 0 Å². The molecule has 11 unspecified atom stereocenters. The molecule has 4 saturated carbocycles. The molecule has 156 valence electrons. The molecule has 3 aliphatic heterocycles. The minimum absolute atomic E-state index is 0.549. The molecule has 4 aliphatic carbocycles. The Balaban J connectivity index is 1.30. The fourth-order valence-electron chi connectivity index (χ4n) is 9.77. The summed E-state index contributed by atoms with van der Waals surface area (Å²) in [5, 5.41) is 4.12. The Morgan fingerprint density at radius 3 is 2.43 bits per heavy atom. The summed E-state index contributed by atoms with van der Waals surface area (Å²) < 4.78 is 6.91. The number of morpholine rings is 1. The lowest BCUT2D eigenvalue weighted by molar-refractivity contribution is -0.248. The lowest BCUT2D eigenvalue weighted by Crippen LogP contribution is -2.78. The quantitative estimate of drug-likeness (QED) is 0.672. The van der Waals surface area contributed by atoms with Crippen molar-refractivity contribution in [3.8, 4) is 0 Å². The minimum Gasteiger partial charge on any atom is -0.372 e. The monoisotopic (exact) mass is 384 g/mol.